The van der Waals surface area contributed by atoms with Crippen LogP contribution in [0, 0.1) is 7.05 Å². The Labute approximate surface area is 73.0 Å². The van der Waals surface area contributed by atoms with E-state index >= 15 is 0 Å². The van der Waals surface area contributed by atoms with Gasteiger partial charge in [-0.25, -0.2) is 0 Å². The van der Waals surface area contributed by atoms with E-state index in [-0.39, 0.29) is 0 Å². The molecule has 1 aliphatic heterocycles. The van der Waals surface area contributed by atoms with Crippen LogP contribution in [0.4, 0.5) is 0 Å². The minimum absolute atomic E-state index is 1.05. The molecule has 0 unspecified atom stereocenters. The Morgan fingerprint density at radius 2 is 1.36 bits per heavy atom. The standard InChI is InChI=1S/C8H20NSi2/c1-9-10(2,3)7-6-8-11(9,4)5/h1,6-8H2,2-5H3/q-1. The van der Waals surface area contributed by atoms with Crippen molar-refractivity contribution < 1.29 is 0 Å². The Kier molecular flexibility index (Phi) is 2.34. The highest BCUT2D eigenvalue weighted by atomic mass is 28.4. The van der Waals surface area contributed by atoms with E-state index in [2.05, 4.69) is 37.5 Å². The molecule has 1 rings (SSSR count). The SMILES string of the molecule is [CH2-]N1[Si](C)(C)CCC[Si]1(C)C. The van der Waals surface area contributed by atoms with Crippen molar-refractivity contribution in [2.75, 3.05) is 0 Å². The van der Waals surface area contributed by atoms with Crippen molar-refractivity contribution in [3.8, 4) is 0 Å². The van der Waals surface area contributed by atoms with Gasteiger partial charge < -0.3 is 4.23 Å². The maximum absolute atomic E-state index is 4.26. The molecular formula is C8H20NSi2-. The molecule has 0 aromatic carbocycles. The van der Waals surface area contributed by atoms with Crippen molar-refractivity contribution in [3.63, 3.8) is 0 Å². The lowest BCUT2D eigenvalue weighted by molar-refractivity contribution is 0.731. The predicted molar refractivity (Wildman–Crippen MR) is 56.4 cm³/mol. The van der Waals surface area contributed by atoms with Gasteiger partial charge in [-0.15, -0.1) is 0 Å². The molecule has 0 atom stereocenters. The average Bonchev–Trinajstić information content (AvgIpc) is 1.82. The fourth-order valence-corrected chi connectivity index (χ4v) is 12.2. The van der Waals surface area contributed by atoms with E-state index in [1.54, 1.807) is 0 Å². The lowest BCUT2D eigenvalue weighted by atomic mass is 10.6. The third-order valence-corrected chi connectivity index (χ3v) is 12.7. The monoisotopic (exact) mass is 186 g/mol. The second-order valence-electron chi connectivity index (χ2n) is 4.91. The lowest BCUT2D eigenvalue weighted by Crippen LogP contribution is -2.61. The highest BCUT2D eigenvalue weighted by molar-refractivity contribution is 6.91. The summed E-state index contributed by atoms with van der Waals surface area (Å²) in [6.45, 7) is 9.81. The summed E-state index contributed by atoms with van der Waals surface area (Å²) in [5.74, 6) is 0. The largest absolute Gasteiger partial charge is 0.503 e. The van der Waals surface area contributed by atoms with Crippen LogP contribution in [0.1, 0.15) is 6.42 Å². The summed E-state index contributed by atoms with van der Waals surface area (Å²) in [6, 6.07) is 2.90. The zero-order valence-corrected chi connectivity index (χ0v) is 10.3. The molecule has 1 aliphatic rings. The van der Waals surface area contributed by atoms with Crippen LogP contribution in [0.3, 0.4) is 0 Å². The summed E-state index contributed by atoms with van der Waals surface area (Å²) in [7, 11) is 2.17. The van der Waals surface area contributed by atoms with Gasteiger partial charge in [-0.1, -0.05) is 32.6 Å². The first kappa shape index (κ1) is 9.48. The molecule has 0 saturated carbocycles. The maximum atomic E-state index is 4.26. The molecule has 0 aromatic heterocycles. The Balaban J connectivity index is 2.76. The zero-order valence-electron chi connectivity index (χ0n) is 8.28. The van der Waals surface area contributed by atoms with Gasteiger partial charge in [0.2, 0.25) is 0 Å². The summed E-state index contributed by atoms with van der Waals surface area (Å²) in [5, 5.41) is 0. The van der Waals surface area contributed by atoms with Crippen molar-refractivity contribution in [1.29, 1.82) is 0 Å². The number of hydrogen-bond acceptors (Lipinski definition) is 1. The van der Waals surface area contributed by atoms with Gasteiger partial charge in [0.1, 0.15) is 0 Å². The summed E-state index contributed by atoms with van der Waals surface area (Å²) in [6.07, 6.45) is 1.46. The first-order valence-electron chi connectivity index (χ1n) is 4.47. The molecule has 1 heterocycles. The highest BCUT2D eigenvalue weighted by Gasteiger charge is 2.36. The molecule has 1 nitrogen and oxygen atoms in total. The summed E-state index contributed by atoms with van der Waals surface area (Å²) >= 11 is 0. The quantitative estimate of drug-likeness (QED) is 0.415. The third-order valence-electron chi connectivity index (χ3n) is 3.04. The first-order chi connectivity index (χ1) is 4.86. The Morgan fingerprint density at radius 1 is 1.00 bits per heavy atom. The second kappa shape index (κ2) is 2.71. The number of rotatable bonds is 0. The van der Waals surface area contributed by atoms with Gasteiger partial charge in [0.15, 0.2) is 0 Å². The maximum Gasteiger partial charge on any atom is 0.0861 e. The normalized spacial score (nSPS) is 30.3. The van der Waals surface area contributed by atoms with Gasteiger partial charge in [-0.2, -0.15) is 0 Å². The van der Waals surface area contributed by atoms with Crippen LogP contribution in [0.5, 0.6) is 0 Å². The molecule has 0 spiro atoms. The van der Waals surface area contributed by atoms with E-state index in [9.17, 15) is 0 Å². The molecule has 0 bridgehead atoms. The Hall–Kier alpha value is 0.394. The molecule has 3 heteroatoms. The molecule has 0 aliphatic carbocycles. The van der Waals surface area contributed by atoms with Gasteiger partial charge in [-0.3, -0.25) is 7.05 Å². The lowest BCUT2D eigenvalue weighted by Gasteiger charge is -2.55. The predicted octanol–water partition coefficient (Wildman–Crippen LogP) is 2.89. The first-order valence-corrected chi connectivity index (χ1v) is 10.8. The summed E-state index contributed by atoms with van der Waals surface area (Å²) in [5.41, 5.74) is 0. The fraction of sp³-hybridized carbons (Fsp3) is 0.875. The van der Waals surface area contributed by atoms with Gasteiger partial charge in [0, 0.05) is 0 Å². The van der Waals surface area contributed by atoms with Crippen molar-refractivity contribution in [1.82, 2.24) is 4.23 Å². The van der Waals surface area contributed by atoms with Gasteiger partial charge in [-0.05, 0) is 12.1 Å². The topological polar surface area (TPSA) is 3.24 Å². The van der Waals surface area contributed by atoms with Gasteiger partial charge in [0.05, 0.1) is 16.5 Å². The fourth-order valence-electron chi connectivity index (χ4n) is 2.04. The molecule has 0 radical (unpaired) electrons. The second-order valence-corrected chi connectivity index (χ2v) is 14.7. The third kappa shape index (κ3) is 1.76. The molecular weight excluding hydrogens is 166 g/mol. The van der Waals surface area contributed by atoms with Crippen LogP contribution < -0.4 is 0 Å². The smallest absolute Gasteiger partial charge is 0.0861 e. The Morgan fingerprint density at radius 3 is 1.64 bits per heavy atom. The van der Waals surface area contributed by atoms with E-state index in [1.807, 2.05) is 0 Å². The van der Waals surface area contributed by atoms with E-state index in [1.165, 1.54) is 18.5 Å². The van der Waals surface area contributed by atoms with Crippen molar-refractivity contribution in [2.45, 2.75) is 44.7 Å². The molecule has 0 amide bonds. The highest BCUT2D eigenvalue weighted by Crippen LogP contribution is 2.33. The van der Waals surface area contributed by atoms with Crippen LogP contribution in [-0.2, 0) is 0 Å². The number of hydrogen-bond donors (Lipinski definition) is 0. The Bertz CT molecular complexity index is 138. The van der Waals surface area contributed by atoms with Crippen molar-refractivity contribution >= 4 is 16.5 Å². The van der Waals surface area contributed by atoms with E-state index < -0.39 is 16.5 Å². The van der Waals surface area contributed by atoms with Crippen LogP contribution in [0.15, 0.2) is 0 Å². The van der Waals surface area contributed by atoms with Crippen LogP contribution in [-0.4, -0.2) is 20.7 Å². The number of nitrogens with zero attached hydrogens (tertiary/aromatic N) is 1. The summed E-state index contributed by atoms with van der Waals surface area (Å²) in [4.78, 5) is 0. The van der Waals surface area contributed by atoms with Gasteiger partial charge in [0.25, 0.3) is 0 Å². The van der Waals surface area contributed by atoms with E-state index in [0.29, 0.717) is 0 Å². The van der Waals surface area contributed by atoms with Crippen LogP contribution in [0.2, 0.25) is 38.3 Å². The van der Waals surface area contributed by atoms with Crippen molar-refractivity contribution in [2.24, 2.45) is 0 Å². The molecule has 0 aromatic rings. The molecule has 11 heavy (non-hydrogen) atoms. The van der Waals surface area contributed by atoms with E-state index in [4.69, 9.17) is 0 Å². The minimum Gasteiger partial charge on any atom is -0.503 e. The zero-order chi connectivity index (χ0) is 8.70. The van der Waals surface area contributed by atoms with Crippen LogP contribution in [0.25, 0.3) is 0 Å². The molecule has 1 saturated heterocycles. The van der Waals surface area contributed by atoms with E-state index in [0.717, 1.165) is 0 Å². The molecule has 66 valence electrons. The van der Waals surface area contributed by atoms with Crippen LogP contribution >= 0.6 is 0 Å². The van der Waals surface area contributed by atoms with Crippen molar-refractivity contribution in [3.05, 3.63) is 7.05 Å². The summed E-state index contributed by atoms with van der Waals surface area (Å²) < 4.78 is 2.55. The van der Waals surface area contributed by atoms with Gasteiger partial charge >= 0.3 is 0 Å². The molecule has 1 fully saturated rings. The molecule has 0 N–H and O–H groups in total. The average molecular weight is 186 g/mol. The minimum atomic E-state index is -1.05.